The standard InChI is InChI=1S/C12H13ClF3N3O/c13-8-11(20)19-5-3-18(4-6-19)10-7-9(1-2-17-10)12(14,15)16/h1-2,7H,3-6,8H2. The van der Waals surface area contributed by atoms with Crippen molar-refractivity contribution in [1.82, 2.24) is 9.88 Å². The molecular formula is C12H13ClF3N3O. The lowest BCUT2D eigenvalue weighted by atomic mass is 10.2. The molecule has 2 rings (SSSR count). The molecule has 0 N–H and O–H groups in total. The fraction of sp³-hybridized carbons (Fsp3) is 0.500. The van der Waals surface area contributed by atoms with Crippen molar-refractivity contribution in [2.24, 2.45) is 0 Å². The number of rotatable bonds is 2. The highest BCUT2D eigenvalue weighted by Gasteiger charge is 2.31. The highest BCUT2D eigenvalue weighted by molar-refractivity contribution is 6.27. The van der Waals surface area contributed by atoms with Crippen LogP contribution in [-0.2, 0) is 11.0 Å². The molecule has 1 fully saturated rings. The number of halogens is 4. The molecule has 0 unspecified atom stereocenters. The van der Waals surface area contributed by atoms with E-state index >= 15 is 0 Å². The first kappa shape index (κ1) is 14.9. The minimum absolute atomic E-state index is 0.0815. The van der Waals surface area contributed by atoms with E-state index in [2.05, 4.69) is 4.98 Å². The van der Waals surface area contributed by atoms with Crippen molar-refractivity contribution in [1.29, 1.82) is 0 Å². The Balaban J connectivity index is 2.06. The Morgan fingerprint density at radius 3 is 2.50 bits per heavy atom. The van der Waals surface area contributed by atoms with E-state index in [4.69, 9.17) is 11.6 Å². The average Bonchev–Trinajstić information content (AvgIpc) is 2.46. The quantitative estimate of drug-likeness (QED) is 0.784. The van der Waals surface area contributed by atoms with Crippen molar-refractivity contribution < 1.29 is 18.0 Å². The van der Waals surface area contributed by atoms with Crippen molar-refractivity contribution in [3.63, 3.8) is 0 Å². The summed E-state index contributed by atoms with van der Waals surface area (Å²) >= 11 is 5.47. The van der Waals surface area contributed by atoms with Crippen molar-refractivity contribution in [2.45, 2.75) is 6.18 Å². The lowest BCUT2D eigenvalue weighted by Crippen LogP contribution is -2.49. The van der Waals surface area contributed by atoms with Crippen molar-refractivity contribution in [3.8, 4) is 0 Å². The second-order valence-electron chi connectivity index (χ2n) is 4.40. The van der Waals surface area contributed by atoms with Crippen LogP contribution in [-0.4, -0.2) is 47.9 Å². The lowest BCUT2D eigenvalue weighted by molar-refractivity contribution is -0.137. The summed E-state index contributed by atoms with van der Waals surface area (Å²) in [5.41, 5.74) is -0.721. The molecule has 1 aromatic rings. The Bertz CT molecular complexity index is 487. The smallest absolute Gasteiger partial charge is 0.353 e. The molecule has 1 saturated heterocycles. The van der Waals surface area contributed by atoms with E-state index in [1.165, 1.54) is 0 Å². The molecule has 0 atom stereocenters. The van der Waals surface area contributed by atoms with Gasteiger partial charge in [-0.05, 0) is 12.1 Å². The molecule has 4 nitrogen and oxygen atoms in total. The van der Waals surface area contributed by atoms with Crippen LogP contribution in [0.5, 0.6) is 0 Å². The molecule has 0 aromatic carbocycles. The van der Waals surface area contributed by atoms with Crippen molar-refractivity contribution >= 4 is 23.3 Å². The average molecular weight is 308 g/mol. The number of amides is 1. The van der Waals surface area contributed by atoms with Gasteiger partial charge in [-0.15, -0.1) is 11.6 Å². The van der Waals surface area contributed by atoms with Gasteiger partial charge in [0.2, 0.25) is 5.91 Å². The summed E-state index contributed by atoms with van der Waals surface area (Å²) < 4.78 is 37.9. The monoisotopic (exact) mass is 307 g/mol. The largest absolute Gasteiger partial charge is 0.416 e. The number of anilines is 1. The summed E-state index contributed by atoms with van der Waals surface area (Å²) in [6, 6.07) is 1.97. The van der Waals surface area contributed by atoms with Crippen LogP contribution < -0.4 is 4.90 Å². The van der Waals surface area contributed by atoms with E-state index in [1.807, 2.05) is 0 Å². The van der Waals surface area contributed by atoms with Crippen LogP contribution >= 0.6 is 11.6 Å². The second kappa shape index (κ2) is 5.87. The van der Waals surface area contributed by atoms with Gasteiger partial charge in [-0.1, -0.05) is 0 Å². The molecule has 20 heavy (non-hydrogen) atoms. The number of carbonyl (C=O) groups excluding carboxylic acids is 1. The highest BCUT2D eigenvalue weighted by atomic mass is 35.5. The van der Waals surface area contributed by atoms with Crippen LogP contribution in [0.1, 0.15) is 5.56 Å². The van der Waals surface area contributed by atoms with Gasteiger partial charge in [0.15, 0.2) is 0 Å². The summed E-state index contributed by atoms with van der Waals surface area (Å²) in [6.45, 7) is 1.75. The first-order chi connectivity index (χ1) is 9.41. The molecule has 110 valence electrons. The van der Waals surface area contributed by atoms with Gasteiger partial charge in [0, 0.05) is 32.4 Å². The minimum atomic E-state index is -4.38. The van der Waals surface area contributed by atoms with Gasteiger partial charge in [-0.25, -0.2) is 4.98 Å². The second-order valence-corrected chi connectivity index (χ2v) is 4.67. The maximum absolute atomic E-state index is 12.6. The Hall–Kier alpha value is -1.50. The summed E-state index contributed by atoms with van der Waals surface area (Å²) in [5, 5.41) is 0. The molecule has 1 amide bonds. The zero-order valence-corrected chi connectivity index (χ0v) is 11.3. The molecule has 2 heterocycles. The van der Waals surface area contributed by atoms with E-state index < -0.39 is 11.7 Å². The first-order valence-electron chi connectivity index (χ1n) is 6.04. The predicted molar refractivity (Wildman–Crippen MR) is 68.8 cm³/mol. The molecule has 1 aromatic heterocycles. The van der Waals surface area contributed by atoms with E-state index in [1.54, 1.807) is 9.80 Å². The van der Waals surface area contributed by atoms with Gasteiger partial charge in [0.1, 0.15) is 11.7 Å². The Labute approximate surface area is 119 Å². The van der Waals surface area contributed by atoms with E-state index in [-0.39, 0.29) is 17.6 Å². The number of alkyl halides is 4. The first-order valence-corrected chi connectivity index (χ1v) is 6.57. The molecule has 0 spiro atoms. The number of nitrogens with zero attached hydrogens (tertiary/aromatic N) is 3. The van der Waals surface area contributed by atoms with Gasteiger partial charge in [-0.2, -0.15) is 13.2 Å². The van der Waals surface area contributed by atoms with Gasteiger partial charge < -0.3 is 9.80 Å². The molecule has 0 aliphatic carbocycles. The van der Waals surface area contributed by atoms with Gasteiger partial charge in [0.25, 0.3) is 0 Å². The molecule has 0 bridgehead atoms. The summed E-state index contributed by atoms with van der Waals surface area (Å²) in [5.74, 6) is 0.0306. The topological polar surface area (TPSA) is 36.4 Å². The van der Waals surface area contributed by atoms with Crippen LogP contribution in [0.15, 0.2) is 18.3 Å². The van der Waals surface area contributed by atoms with Gasteiger partial charge >= 0.3 is 6.18 Å². The van der Waals surface area contributed by atoms with Gasteiger partial charge in [0.05, 0.1) is 5.56 Å². The molecule has 0 saturated carbocycles. The molecule has 0 radical (unpaired) electrons. The molecule has 1 aliphatic rings. The normalized spacial score (nSPS) is 16.4. The van der Waals surface area contributed by atoms with E-state index in [9.17, 15) is 18.0 Å². The number of pyridine rings is 1. The Morgan fingerprint density at radius 1 is 1.30 bits per heavy atom. The number of hydrogen-bond donors (Lipinski definition) is 0. The number of aromatic nitrogens is 1. The third-order valence-electron chi connectivity index (χ3n) is 3.14. The van der Waals surface area contributed by atoms with Crippen LogP contribution in [0.4, 0.5) is 19.0 Å². The predicted octanol–water partition coefficient (Wildman–Crippen LogP) is 1.99. The summed E-state index contributed by atoms with van der Waals surface area (Å²) in [4.78, 5) is 18.7. The number of hydrogen-bond acceptors (Lipinski definition) is 3. The summed E-state index contributed by atoms with van der Waals surface area (Å²) in [6.07, 6.45) is -3.23. The molecule has 1 aliphatic heterocycles. The molecule has 8 heteroatoms. The lowest BCUT2D eigenvalue weighted by Gasteiger charge is -2.35. The van der Waals surface area contributed by atoms with Crippen LogP contribution in [0, 0.1) is 0 Å². The minimum Gasteiger partial charge on any atom is -0.353 e. The maximum Gasteiger partial charge on any atom is 0.416 e. The van der Waals surface area contributed by atoms with Gasteiger partial charge in [-0.3, -0.25) is 4.79 Å². The van der Waals surface area contributed by atoms with Crippen LogP contribution in [0.25, 0.3) is 0 Å². The zero-order valence-electron chi connectivity index (χ0n) is 10.5. The van der Waals surface area contributed by atoms with E-state index in [0.717, 1.165) is 18.3 Å². The fourth-order valence-electron chi connectivity index (χ4n) is 2.04. The molecular weight excluding hydrogens is 295 g/mol. The van der Waals surface area contributed by atoms with Crippen LogP contribution in [0.2, 0.25) is 0 Å². The maximum atomic E-state index is 12.6. The highest BCUT2D eigenvalue weighted by Crippen LogP contribution is 2.30. The van der Waals surface area contributed by atoms with Crippen LogP contribution in [0.3, 0.4) is 0 Å². The zero-order chi connectivity index (χ0) is 14.8. The number of carbonyl (C=O) groups is 1. The number of piperazine rings is 1. The van der Waals surface area contributed by atoms with Crippen molar-refractivity contribution in [2.75, 3.05) is 37.0 Å². The third-order valence-corrected chi connectivity index (χ3v) is 3.37. The third kappa shape index (κ3) is 3.33. The van der Waals surface area contributed by atoms with E-state index in [0.29, 0.717) is 26.2 Å². The Morgan fingerprint density at radius 2 is 1.95 bits per heavy atom. The van der Waals surface area contributed by atoms with Crippen molar-refractivity contribution in [3.05, 3.63) is 23.9 Å². The Kier molecular flexibility index (Phi) is 4.37. The SMILES string of the molecule is O=C(CCl)N1CCN(c2cc(C(F)(F)F)ccn2)CC1. The fourth-order valence-corrected chi connectivity index (χ4v) is 2.21. The summed E-state index contributed by atoms with van der Waals surface area (Å²) in [7, 11) is 0.